The first-order valence-electron chi connectivity index (χ1n) is 17.2. The predicted molar refractivity (Wildman–Crippen MR) is 186 cm³/mol. The van der Waals surface area contributed by atoms with Crippen molar-refractivity contribution in [1.82, 2.24) is 0 Å². The molecule has 1 heterocycles. The summed E-state index contributed by atoms with van der Waals surface area (Å²) in [4.78, 5) is 96.2. The minimum absolute atomic E-state index is 0.00190. The second-order valence-corrected chi connectivity index (χ2v) is 12.5. The van der Waals surface area contributed by atoms with E-state index in [4.69, 9.17) is 42.6 Å². The largest absolute Gasteiger partial charge is 0.456 e. The van der Waals surface area contributed by atoms with Crippen molar-refractivity contribution in [3.8, 4) is 23.0 Å². The summed E-state index contributed by atoms with van der Waals surface area (Å²) in [7, 11) is 0. The van der Waals surface area contributed by atoms with Crippen LogP contribution in [-0.2, 0) is 74.9 Å². The van der Waals surface area contributed by atoms with Gasteiger partial charge in [-0.1, -0.05) is 12.1 Å². The number of ketones is 1. The van der Waals surface area contributed by atoms with Crippen LogP contribution in [-0.4, -0.2) is 84.9 Å². The number of aryl methyl sites for hydroxylation is 2. The molecule has 1 aliphatic heterocycles. The summed E-state index contributed by atoms with van der Waals surface area (Å²) >= 11 is 0. The first-order valence-corrected chi connectivity index (χ1v) is 17.2. The highest BCUT2D eigenvalue weighted by atomic mass is 16.7. The van der Waals surface area contributed by atoms with Crippen molar-refractivity contribution in [2.24, 2.45) is 0 Å². The van der Waals surface area contributed by atoms with Crippen LogP contribution in [0.5, 0.6) is 23.0 Å². The van der Waals surface area contributed by atoms with Crippen molar-refractivity contribution in [3.05, 3.63) is 47.5 Å². The van der Waals surface area contributed by atoms with Gasteiger partial charge in [-0.15, -0.1) is 0 Å². The SMILES string of the molecule is CC(=O)Oc1ccc(CCC(=O)C[C@H](CCc2ccc(OC(C)=O)c(OC(C)=O)c2)O[C@@H]2OC[C@@H](OC(C)=O)[C@H](OC(C)=O)[C@H]2OC(C)=O)cc1OC(C)=O. The van der Waals surface area contributed by atoms with Crippen molar-refractivity contribution in [2.75, 3.05) is 6.61 Å². The van der Waals surface area contributed by atoms with Crippen LogP contribution in [0.2, 0.25) is 0 Å². The lowest BCUT2D eigenvalue weighted by Crippen LogP contribution is -2.58. The van der Waals surface area contributed by atoms with E-state index in [-0.39, 0.29) is 67.5 Å². The Morgan fingerprint density at radius 3 is 1.51 bits per heavy atom. The van der Waals surface area contributed by atoms with E-state index in [0.29, 0.717) is 11.1 Å². The first-order chi connectivity index (χ1) is 25.9. The van der Waals surface area contributed by atoms with Crippen LogP contribution >= 0.6 is 0 Å². The fraction of sp³-hybridized carbons (Fsp3) is 0.474. The molecule has 0 aliphatic carbocycles. The van der Waals surface area contributed by atoms with Crippen LogP contribution < -0.4 is 18.9 Å². The van der Waals surface area contributed by atoms with Crippen molar-refractivity contribution in [1.29, 1.82) is 0 Å². The topological polar surface area (TPSA) is 220 Å². The Labute approximate surface area is 316 Å². The molecule has 0 N–H and O–H groups in total. The molecule has 0 amide bonds. The van der Waals surface area contributed by atoms with E-state index in [1.807, 2.05) is 0 Å². The zero-order valence-electron chi connectivity index (χ0n) is 31.5. The zero-order chi connectivity index (χ0) is 40.8. The van der Waals surface area contributed by atoms with Gasteiger partial charge < -0.3 is 42.6 Å². The first kappa shape index (κ1) is 43.7. The maximum absolute atomic E-state index is 13.5. The van der Waals surface area contributed by atoms with Crippen molar-refractivity contribution in [3.63, 3.8) is 0 Å². The molecular weight excluding hydrogens is 728 g/mol. The fourth-order valence-corrected chi connectivity index (χ4v) is 5.56. The normalized spacial score (nSPS) is 18.2. The molecule has 1 aliphatic rings. The van der Waals surface area contributed by atoms with Crippen LogP contribution in [0, 0.1) is 0 Å². The van der Waals surface area contributed by atoms with Crippen LogP contribution in [0.1, 0.15) is 78.9 Å². The van der Waals surface area contributed by atoms with E-state index in [9.17, 15) is 38.4 Å². The van der Waals surface area contributed by atoms with Crippen molar-refractivity contribution >= 4 is 47.6 Å². The number of carbonyl (C=O) groups excluding carboxylic acids is 8. The molecule has 5 atom stereocenters. The van der Waals surface area contributed by atoms with Gasteiger partial charge >= 0.3 is 41.8 Å². The van der Waals surface area contributed by atoms with Crippen LogP contribution in [0.3, 0.4) is 0 Å². The number of ether oxygens (including phenoxy) is 9. The quantitative estimate of drug-likeness (QED) is 0.128. The molecule has 0 unspecified atom stereocenters. The smallest absolute Gasteiger partial charge is 0.308 e. The third kappa shape index (κ3) is 14.9. The van der Waals surface area contributed by atoms with Crippen molar-refractivity contribution < 1.29 is 81.0 Å². The molecule has 0 spiro atoms. The number of esters is 7. The van der Waals surface area contributed by atoms with E-state index in [1.54, 1.807) is 12.1 Å². The highest BCUT2D eigenvalue weighted by molar-refractivity contribution is 5.79. The van der Waals surface area contributed by atoms with Gasteiger partial charge in [-0.3, -0.25) is 38.4 Å². The number of carbonyl (C=O) groups is 8. The fourth-order valence-electron chi connectivity index (χ4n) is 5.56. The van der Waals surface area contributed by atoms with E-state index in [2.05, 4.69) is 0 Å². The van der Waals surface area contributed by atoms with Crippen molar-refractivity contribution in [2.45, 2.75) is 111 Å². The van der Waals surface area contributed by atoms with E-state index in [0.717, 1.165) is 20.8 Å². The summed E-state index contributed by atoms with van der Waals surface area (Å²) in [5.74, 6) is -5.03. The maximum atomic E-state index is 13.5. The van der Waals surface area contributed by atoms with Crippen LogP contribution in [0.15, 0.2) is 36.4 Å². The van der Waals surface area contributed by atoms with Crippen LogP contribution in [0.25, 0.3) is 0 Å². The van der Waals surface area contributed by atoms with Gasteiger partial charge in [0.15, 0.2) is 47.6 Å². The summed E-state index contributed by atoms with van der Waals surface area (Å²) in [6.45, 7) is 7.84. The molecule has 1 fully saturated rings. The average molecular weight is 773 g/mol. The molecule has 55 heavy (non-hydrogen) atoms. The Balaban J connectivity index is 1.90. The Bertz CT molecular complexity index is 1760. The Hall–Kier alpha value is -5.68. The minimum atomic E-state index is -1.41. The molecule has 0 saturated carbocycles. The molecule has 2 aromatic rings. The molecule has 17 nitrogen and oxygen atoms in total. The van der Waals surface area contributed by atoms with Gasteiger partial charge in [-0.05, 0) is 54.7 Å². The Morgan fingerprint density at radius 1 is 0.582 bits per heavy atom. The third-order valence-electron chi connectivity index (χ3n) is 7.57. The second-order valence-electron chi connectivity index (χ2n) is 12.5. The monoisotopic (exact) mass is 772 g/mol. The molecular formula is C38H44O17. The number of rotatable bonds is 17. The van der Waals surface area contributed by atoms with E-state index in [1.165, 1.54) is 52.0 Å². The van der Waals surface area contributed by atoms with Gasteiger partial charge in [0.05, 0.1) is 12.7 Å². The van der Waals surface area contributed by atoms with E-state index < -0.39 is 72.5 Å². The van der Waals surface area contributed by atoms with Gasteiger partial charge in [0.1, 0.15) is 5.78 Å². The minimum Gasteiger partial charge on any atom is -0.456 e. The summed E-state index contributed by atoms with van der Waals surface area (Å²) in [6, 6.07) is 9.12. The highest BCUT2D eigenvalue weighted by Crippen LogP contribution is 2.32. The molecule has 17 heteroatoms. The second kappa shape index (κ2) is 20.7. The number of benzene rings is 2. The van der Waals surface area contributed by atoms with Gasteiger partial charge in [0.25, 0.3) is 0 Å². The molecule has 0 bridgehead atoms. The maximum Gasteiger partial charge on any atom is 0.308 e. The lowest BCUT2D eigenvalue weighted by Gasteiger charge is -2.41. The highest BCUT2D eigenvalue weighted by Gasteiger charge is 2.48. The number of hydrogen-bond donors (Lipinski definition) is 0. The molecule has 0 radical (unpaired) electrons. The molecule has 2 aromatic carbocycles. The zero-order valence-corrected chi connectivity index (χ0v) is 31.5. The molecule has 1 saturated heterocycles. The number of hydrogen-bond acceptors (Lipinski definition) is 17. The predicted octanol–water partition coefficient (Wildman–Crippen LogP) is 3.45. The summed E-state index contributed by atoms with van der Waals surface area (Å²) < 4.78 is 49.0. The summed E-state index contributed by atoms with van der Waals surface area (Å²) in [6.07, 6.45) is -5.83. The molecule has 0 aromatic heterocycles. The molecule has 3 rings (SSSR count). The van der Waals surface area contributed by atoms with E-state index >= 15 is 0 Å². The van der Waals surface area contributed by atoms with Crippen LogP contribution in [0.4, 0.5) is 0 Å². The Kier molecular flexibility index (Phi) is 16.4. The standard InChI is InChI=1S/C38H44O17/c1-20(39)48-31-14-10-27(16-33(31)50-22(3)41)8-12-29(46)18-30(13-9-28-11-15-32(49-21(2)40)34(17-28)51-23(4)42)55-38-37(54-26(7)45)36(53-25(6)44)35(19-47-38)52-24(5)43/h10-11,14-17,30,35-38H,8-9,12-13,18-19H2,1-7H3/t30-,35+,36-,37+,38-/m0/s1. The Morgan fingerprint density at radius 2 is 1.04 bits per heavy atom. The van der Waals surface area contributed by atoms with Gasteiger partial charge in [-0.25, -0.2) is 0 Å². The number of Topliss-reactive ketones (excluding diaryl/α,β-unsaturated/α-hetero) is 1. The average Bonchev–Trinajstić information content (AvgIpc) is 3.05. The van der Waals surface area contributed by atoms with Gasteiger partial charge in [-0.2, -0.15) is 0 Å². The summed E-state index contributed by atoms with van der Waals surface area (Å²) in [5.41, 5.74) is 1.20. The van der Waals surface area contributed by atoms with Gasteiger partial charge in [0.2, 0.25) is 0 Å². The van der Waals surface area contributed by atoms with Gasteiger partial charge in [0, 0.05) is 61.3 Å². The lowest BCUT2D eigenvalue weighted by molar-refractivity contribution is -0.291. The third-order valence-corrected chi connectivity index (χ3v) is 7.57. The summed E-state index contributed by atoms with van der Waals surface area (Å²) in [5, 5.41) is 0. The molecule has 298 valence electrons. The lowest BCUT2D eigenvalue weighted by atomic mass is 9.99.